The molecule has 94 valence electrons. The van der Waals surface area contributed by atoms with Gasteiger partial charge in [0.15, 0.2) is 0 Å². The van der Waals surface area contributed by atoms with Gasteiger partial charge in [0, 0.05) is 0 Å². The minimum atomic E-state index is -0.840. The van der Waals surface area contributed by atoms with Crippen LogP contribution >= 0.6 is 0 Å². The minimum absolute atomic E-state index is 0.0188. The van der Waals surface area contributed by atoms with Crippen molar-refractivity contribution in [2.45, 2.75) is 46.1 Å². The lowest BCUT2D eigenvalue weighted by molar-refractivity contribution is -0.138. The summed E-state index contributed by atoms with van der Waals surface area (Å²) < 4.78 is 5.56. The van der Waals surface area contributed by atoms with Crippen molar-refractivity contribution >= 4 is 5.97 Å². The van der Waals surface area contributed by atoms with Gasteiger partial charge in [0.1, 0.15) is 11.9 Å². The van der Waals surface area contributed by atoms with Crippen LogP contribution in [0.25, 0.3) is 0 Å². The first-order valence-electron chi connectivity index (χ1n) is 5.89. The molecule has 0 aliphatic carbocycles. The maximum absolute atomic E-state index is 10.5. The number of hydrogen-bond donors (Lipinski definition) is 1. The third kappa shape index (κ3) is 4.10. The van der Waals surface area contributed by atoms with E-state index in [0.717, 1.165) is 5.75 Å². The molecule has 0 spiro atoms. The van der Waals surface area contributed by atoms with Gasteiger partial charge in [-0.25, -0.2) is 0 Å². The van der Waals surface area contributed by atoms with Gasteiger partial charge in [-0.05, 0) is 43.0 Å². The van der Waals surface area contributed by atoms with Crippen molar-refractivity contribution in [1.29, 1.82) is 0 Å². The van der Waals surface area contributed by atoms with Gasteiger partial charge in [-0.2, -0.15) is 0 Å². The van der Waals surface area contributed by atoms with E-state index in [0.29, 0.717) is 5.92 Å². The summed E-state index contributed by atoms with van der Waals surface area (Å²) in [7, 11) is 0. The number of rotatable bonds is 5. The molecule has 0 saturated heterocycles. The highest BCUT2D eigenvalue weighted by atomic mass is 16.5. The molecular formula is C14H20O3. The van der Waals surface area contributed by atoms with Crippen molar-refractivity contribution in [3.8, 4) is 5.75 Å². The van der Waals surface area contributed by atoms with Gasteiger partial charge in [0.05, 0.1) is 6.42 Å². The van der Waals surface area contributed by atoms with Crippen LogP contribution in [-0.4, -0.2) is 17.2 Å². The predicted octanol–water partition coefficient (Wildman–Crippen LogP) is 3.36. The van der Waals surface area contributed by atoms with Crippen molar-refractivity contribution in [1.82, 2.24) is 0 Å². The monoisotopic (exact) mass is 236 g/mol. The molecule has 17 heavy (non-hydrogen) atoms. The molecule has 0 fully saturated rings. The lowest BCUT2D eigenvalue weighted by atomic mass is 9.98. The van der Waals surface area contributed by atoms with E-state index in [2.05, 4.69) is 13.8 Å². The molecule has 0 heterocycles. The van der Waals surface area contributed by atoms with Gasteiger partial charge in [-0.1, -0.05) is 19.9 Å². The highest BCUT2D eigenvalue weighted by Crippen LogP contribution is 2.24. The minimum Gasteiger partial charge on any atom is -0.490 e. The number of carboxylic acids is 1. The standard InChI is InChI=1S/C14H20O3/c1-9(2)13-6-5-12(7-10(13)3)17-11(4)8-14(15)16/h5-7,9,11H,8H2,1-4H3,(H,15,16)/t11-/m1/s1. The maximum atomic E-state index is 10.5. The SMILES string of the molecule is Cc1cc(O[C@H](C)CC(=O)O)ccc1C(C)C. The molecule has 0 unspecified atom stereocenters. The van der Waals surface area contributed by atoms with Crippen LogP contribution in [0.15, 0.2) is 18.2 Å². The Labute approximate surface area is 102 Å². The molecular weight excluding hydrogens is 216 g/mol. The number of ether oxygens (including phenoxy) is 1. The second-order valence-corrected chi connectivity index (χ2v) is 4.70. The molecule has 3 nitrogen and oxygen atoms in total. The number of carbonyl (C=O) groups is 1. The lowest BCUT2D eigenvalue weighted by Gasteiger charge is -2.15. The quantitative estimate of drug-likeness (QED) is 0.852. The highest BCUT2D eigenvalue weighted by molar-refractivity contribution is 5.67. The second kappa shape index (κ2) is 5.71. The molecule has 0 radical (unpaired) electrons. The van der Waals surface area contributed by atoms with E-state index in [9.17, 15) is 4.79 Å². The first-order valence-corrected chi connectivity index (χ1v) is 5.89. The summed E-state index contributed by atoms with van der Waals surface area (Å²) in [4.78, 5) is 10.5. The summed E-state index contributed by atoms with van der Waals surface area (Å²) in [6.45, 7) is 8.11. The summed E-state index contributed by atoms with van der Waals surface area (Å²) in [5, 5.41) is 8.65. The normalized spacial score (nSPS) is 12.5. The average Bonchev–Trinajstić information content (AvgIpc) is 2.15. The number of aryl methyl sites for hydroxylation is 1. The lowest BCUT2D eigenvalue weighted by Crippen LogP contribution is -2.16. The number of benzene rings is 1. The van der Waals surface area contributed by atoms with Crippen molar-refractivity contribution in [3.05, 3.63) is 29.3 Å². The molecule has 0 aliphatic rings. The zero-order valence-electron chi connectivity index (χ0n) is 10.9. The Kier molecular flexibility index (Phi) is 4.55. The smallest absolute Gasteiger partial charge is 0.307 e. The number of carboxylic acid groups (broad SMARTS) is 1. The maximum Gasteiger partial charge on any atom is 0.307 e. The van der Waals surface area contributed by atoms with Crippen LogP contribution in [0.4, 0.5) is 0 Å². The molecule has 0 bridgehead atoms. The number of hydrogen-bond acceptors (Lipinski definition) is 2. The van der Waals surface area contributed by atoms with Crippen LogP contribution < -0.4 is 4.74 Å². The molecule has 1 N–H and O–H groups in total. The summed E-state index contributed by atoms with van der Waals surface area (Å²) in [5.74, 6) is 0.383. The molecule has 0 aromatic heterocycles. The Bertz CT molecular complexity index is 396. The Morgan fingerprint density at radius 3 is 2.47 bits per heavy atom. The van der Waals surface area contributed by atoms with Gasteiger partial charge < -0.3 is 9.84 Å². The van der Waals surface area contributed by atoms with Crippen LogP contribution in [0.5, 0.6) is 5.75 Å². The van der Waals surface area contributed by atoms with E-state index in [1.54, 1.807) is 6.92 Å². The van der Waals surface area contributed by atoms with Crippen LogP contribution in [0.3, 0.4) is 0 Å². The van der Waals surface area contributed by atoms with Crippen LogP contribution in [0.1, 0.15) is 44.2 Å². The fraction of sp³-hybridized carbons (Fsp3) is 0.500. The predicted molar refractivity (Wildman–Crippen MR) is 67.6 cm³/mol. The van der Waals surface area contributed by atoms with Crippen molar-refractivity contribution < 1.29 is 14.6 Å². The molecule has 1 aromatic rings. The van der Waals surface area contributed by atoms with Crippen molar-refractivity contribution in [2.75, 3.05) is 0 Å². The van der Waals surface area contributed by atoms with Gasteiger partial charge in [0.25, 0.3) is 0 Å². The average molecular weight is 236 g/mol. The van der Waals surface area contributed by atoms with E-state index >= 15 is 0 Å². The highest BCUT2D eigenvalue weighted by Gasteiger charge is 2.10. The Hall–Kier alpha value is -1.51. The van der Waals surface area contributed by atoms with Crippen molar-refractivity contribution in [2.24, 2.45) is 0 Å². The molecule has 1 aromatic carbocycles. The van der Waals surface area contributed by atoms with Gasteiger partial charge in [-0.3, -0.25) is 4.79 Å². The molecule has 3 heteroatoms. The number of aliphatic carboxylic acids is 1. The van der Waals surface area contributed by atoms with Crippen LogP contribution in [0, 0.1) is 6.92 Å². The van der Waals surface area contributed by atoms with Crippen molar-refractivity contribution in [3.63, 3.8) is 0 Å². The zero-order valence-corrected chi connectivity index (χ0v) is 10.9. The first kappa shape index (κ1) is 13.6. The van der Waals surface area contributed by atoms with E-state index < -0.39 is 5.97 Å². The Morgan fingerprint density at radius 2 is 2.00 bits per heavy atom. The largest absolute Gasteiger partial charge is 0.490 e. The fourth-order valence-electron chi connectivity index (χ4n) is 1.89. The van der Waals surface area contributed by atoms with E-state index in [1.165, 1.54) is 11.1 Å². The Morgan fingerprint density at radius 1 is 1.35 bits per heavy atom. The molecule has 1 rings (SSSR count). The van der Waals surface area contributed by atoms with Crippen LogP contribution in [-0.2, 0) is 4.79 Å². The van der Waals surface area contributed by atoms with E-state index in [-0.39, 0.29) is 12.5 Å². The van der Waals surface area contributed by atoms with E-state index in [4.69, 9.17) is 9.84 Å². The zero-order chi connectivity index (χ0) is 13.0. The van der Waals surface area contributed by atoms with Gasteiger partial charge in [0.2, 0.25) is 0 Å². The fourth-order valence-corrected chi connectivity index (χ4v) is 1.89. The third-order valence-electron chi connectivity index (χ3n) is 2.66. The summed E-state index contributed by atoms with van der Waals surface area (Å²) >= 11 is 0. The van der Waals surface area contributed by atoms with Gasteiger partial charge >= 0.3 is 5.97 Å². The van der Waals surface area contributed by atoms with Crippen LogP contribution in [0.2, 0.25) is 0 Å². The molecule has 0 amide bonds. The molecule has 0 aliphatic heterocycles. The van der Waals surface area contributed by atoms with Gasteiger partial charge in [-0.15, -0.1) is 0 Å². The summed E-state index contributed by atoms with van der Waals surface area (Å²) in [6, 6.07) is 5.91. The summed E-state index contributed by atoms with van der Waals surface area (Å²) in [6.07, 6.45) is -0.290. The topological polar surface area (TPSA) is 46.5 Å². The molecule has 1 atom stereocenters. The first-order chi connectivity index (χ1) is 7.90. The molecule has 0 saturated carbocycles. The Balaban J connectivity index is 2.73. The third-order valence-corrected chi connectivity index (χ3v) is 2.66. The van der Waals surface area contributed by atoms with E-state index in [1.807, 2.05) is 25.1 Å². The summed E-state index contributed by atoms with van der Waals surface area (Å²) in [5.41, 5.74) is 2.48. The second-order valence-electron chi connectivity index (χ2n) is 4.70.